The molecule has 8 heteroatoms. The zero-order valence-electron chi connectivity index (χ0n) is 18.0. The molecule has 0 atom stereocenters. The van der Waals surface area contributed by atoms with Crippen molar-refractivity contribution in [2.24, 2.45) is 0 Å². The third kappa shape index (κ3) is 4.62. The van der Waals surface area contributed by atoms with Crippen LogP contribution in [0.3, 0.4) is 0 Å². The van der Waals surface area contributed by atoms with E-state index in [1.54, 1.807) is 26.2 Å². The van der Waals surface area contributed by atoms with Crippen molar-refractivity contribution in [1.82, 2.24) is 4.31 Å². The standard InChI is InChI=1S/C24H25NO6S/c1-17-3-5-21(15-23(17)32(27,28)25-9-11-30-12-10-25)24(26)31-16-18-4-6-20-14-22(29-2)8-7-19(20)13-18/h3-8,13-15H,9-12,16H2,1-2H3. The van der Waals surface area contributed by atoms with Crippen LogP contribution in [0.1, 0.15) is 21.5 Å². The molecule has 1 aliphatic rings. The third-order valence-corrected chi connectivity index (χ3v) is 7.53. The van der Waals surface area contributed by atoms with Crippen molar-refractivity contribution in [2.45, 2.75) is 18.4 Å². The number of morpholine rings is 1. The molecule has 0 N–H and O–H groups in total. The van der Waals surface area contributed by atoms with E-state index in [9.17, 15) is 13.2 Å². The van der Waals surface area contributed by atoms with Crippen molar-refractivity contribution < 1.29 is 27.4 Å². The SMILES string of the molecule is COc1ccc2cc(COC(=O)c3ccc(C)c(S(=O)(=O)N4CCOCC4)c3)ccc2c1. The fourth-order valence-corrected chi connectivity index (χ4v) is 5.31. The van der Waals surface area contributed by atoms with Crippen LogP contribution in [0.5, 0.6) is 5.75 Å². The molecule has 0 bridgehead atoms. The molecule has 0 saturated carbocycles. The summed E-state index contributed by atoms with van der Waals surface area (Å²) in [6, 6.07) is 16.2. The third-order valence-electron chi connectivity index (χ3n) is 5.49. The number of nitrogens with zero attached hydrogens (tertiary/aromatic N) is 1. The Morgan fingerprint density at radius 1 is 1.00 bits per heavy atom. The lowest BCUT2D eigenvalue weighted by Gasteiger charge is -2.26. The van der Waals surface area contributed by atoms with Gasteiger partial charge in [0.2, 0.25) is 10.0 Å². The van der Waals surface area contributed by atoms with Crippen LogP contribution in [-0.2, 0) is 26.1 Å². The lowest BCUT2D eigenvalue weighted by Crippen LogP contribution is -2.40. The van der Waals surface area contributed by atoms with Gasteiger partial charge in [-0.05, 0) is 59.2 Å². The van der Waals surface area contributed by atoms with Gasteiger partial charge in [0.25, 0.3) is 0 Å². The van der Waals surface area contributed by atoms with Crippen molar-refractivity contribution >= 4 is 26.8 Å². The molecule has 4 rings (SSSR count). The van der Waals surface area contributed by atoms with E-state index in [4.69, 9.17) is 14.2 Å². The largest absolute Gasteiger partial charge is 0.497 e. The average Bonchev–Trinajstić information content (AvgIpc) is 2.82. The molecule has 1 fully saturated rings. The summed E-state index contributed by atoms with van der Waals surface area (Å²) in [4.78, 5) is 12.8. The number of hydrogen-bond acceptors (Lipinski definition) is 6. The van der Waals surface area contributed by atoms with Gasteiger partial charge in [-0.25, -0.2) is 13.2 Å². The number of rotatable bonds is 6. The van der Waals surface area contributed by atoms with E-state index >= 15 is 0 Å². The molecule has 32 heavy (non-hydrogen) atoms. The van der Waals surface area contributed by atoms with Crippen LogP contribution in [0.4, 0.5) is 0 Å². The minimum absolute atomic E-state index is 0.0836. The van der Waals surface area contributed by atoms with E-state index in [1.807, 2.05) is 36.4 Å². The highest BCUT2D eigenvalue weighted by atomic mass is 32.2. The first-order valence-electron chi connectivity index (χ1n) is 10.3. The predicted molar refractivity (Wildman–Crippen MR) is 120 cm³/mol. The van der Waals surface area contributed by atoms with E-state index in [1.165, 1.54) is 10.4 Å². The van der Waals surface area contributed by atoms with E-state index in [0.29, 0.717) is 31.9 Å². The highest BCUT2D eigenvalue weighted by Gasteiger charge is 2.28. The quantitative estimate of drug-likeness (QED) is 0.529. The summed E-state index contributed by atoms with van der Waals surface area (Å²) in [7, 11) is -2.09. The van der Waals surface area contributed by atoms with Crippen LogP contribution in [0.15, 0.2) is 59.5 Å². The number of methoxy groups -OCH3 is 1. The summed E-state index contributed by atoms with van der Waals surface area (Å²) in [5.41, 5.74) is 1.62. The first kappa shape index (κ1) is 22.3. The molecule has 1 heterocycles. The van der Waals surface area contributed by atoms with Crippen molar-refractivity contribution in [3.63, 3.8) is 0 Å². The van der Waals surface area contributed by atoms with Crippen molar-refractivity contribution in [3.8, 4) is 5.75 Å². The minimum Gasteiger partial charge on any atom is -0.497 e. The molecule has 7 nitrogen and oxygen atoms in total. The van der Waals surface area contributed by atoms with Crippen LogP contribution in [0, 0.1) is 6.92 Å². The average molecular weight is 456 g/mol. The number of benzene rings is 3. The number of fused-ring (bicyclic) bond motifs is 1. The Balaban J connectivity index is 1.50. The number of aryl methyl sites for hydroxylation is 1. The van der Waals surface area contributed by atoms with Gasteiger partial charge in [-0.3, -0.25) is 0 Å². The second-order valence-corrected chi connectivity index (χ2v) is 9.53. The molecule has 3 aromatic rings. The second-order valence-electron chi connectivity index (χ2n) is 7.62. The topological polar surface area (TPSA) is 82.1 Å². The first-order chi connectivity index (χ1) is 15.4. The van der Waals surface area contributed by atoms with Gasteiger partial charge in [0.1, 0.15) is 12.4 Å². The Morgan fingerprint density at radius 2 is 1.72 bits per heavy atom. The highest BCUT2D eigenvalue weighted by molar-refractivity contribution is 7.89. The van der Waals surface area contributed by atoms with Crippen LogP contribution in [0.25, 0.3) is 10.8 Å². The second kappa shape index (κ2) is 9.28. The Hall–Kier alpha value is -2.94. The van der Waals surface area contributed by atoms with E-state index in [0.717, 1.165) is 22.1 Å². The van der Waals surface area contributed by atoms with Crippen molar-refractivity contribution in [2.75, 3.05) is 33.4 Å². The zero-order chi connectivity index (χ0) is 22.7. The van der Waals surface area contributed by atoms with Crippen molar-refractivity contribution in [3.05, 3.63) is 71.3 Å². The Morgan fingerprint density at radius 3 is 2.47 bits per heavy atom. The monoisotopic (exact) mass is 455 g/mol. The Bertz CT molecular complexity index is 1250. The Kier molecular flexibility index (Phi) is 6.45. The van der Waals surface area contributed by atoms with Gasteiger partial charge in [-0.15, -0.1) is 0 Å². The number of esters is 1. The van der Waals surface area contributed by atoms with Gasteiger partial charge in [-0.1, -0.05) is 24.3 Å². The van der Waals surface area contributed by atoms with Gasteiger partial charge in [0.05, 0.1) is 30.8 Å². The molecular weight excluding hydrogens is 430 g/mol. The lowest BCUT2D eigenvalue weighted by molar-refractivity contribution is 0.0472. The first-order valence-corrected chi connectivity index (χ1v) is 11.7. The summed E-state index contributed by atoms with van der Waals surface area (Å²) in [5, 5.41) is 2.03. The summed E-state index contributed by atoms with van der Waals surface area (Å²) >= 11 is 0. The van der Waals surface area contributed by atoms with Gasteiger partial charge in [0, 0.05) is 13.1 Å². The maximum atomic E-state index is 13.0. The number of carbonyl (C=O) groups excluding carboxylic acids is 1. The zero-order valence-corrected chi connectivity index (χ0v) is 18.9. The van der Waals surface area contributed by atoms with Gasteiger partial charge < -0.3 is 14.2 Å². The van der Waals surface area contributed by atoms with Crippen molar-refractivity contribution in [1.29, 1.82) is 0 Å². The van der Waals surface area contributed by atoms with Gasteiger partial charge in [0.15, 0.2) is 0 Å². The maximum absolute atomic E-state index is 13.0. The molecule has 3 aromatic carbocycles. The van der Waals surface area contributed by atoms with E-state index < -0.39 is 16.0 Å². The highest BCUT2D eigenvalue weighted by Crippen LogP contribution is 2.24. The minimum atomic E-state index is -3.71. The molecule has 0 aromatic heterocycles. The summed E-state index contributed by atoms with van der Waals surface area (Å²) in [5.74, 6) is 0.206. The summed E-state index contributed by atoms with van der Waals surface area (Å²) in [6.07, 6.45) is 0. The molecule has 0 amide bonds. The fourth-order valence-electron chi connectivity index (χ4n) is 3.65. The lowest BCUT2D eigenvalue weighted by atomic mass is 10.1. The van der Waals surface area contributed by atoms with Crippen LogP contribution in [0.2, 0.25) is 0 Å². The molecule has 0 unspecified atom stereocenters. The smallest absolute Gasteiger partial charge is 0.338 e. The molecule has 0 radical (unpaired) electrons. The summed E-state index contributed by atoms with van der Waals surface area (Å²) in [6.45, 7) is 3.11. The van der Waals surface area contributed by atoms with E-state index in [2.05, 4.69) is 0 Å². The number of ether oxygens (including phenoxy) is 3. The molecule has 0 spiro atoms. The van der Waals surface area contributed by atoms with Gasteiger partial charge in [-0.2, -0.15) is 4.31 Å². The normalized spacial score (nSPS) is 14.9. The fraction of sp³-hybridized carbons (Fsp3) is 0.292. The molecule has 1 aliphatic heterocycles. The Labute approximate surface area is 187 Å². The molecular formula is C24H25NO6S. The van der Waals surface area contributed by atoms with Crippen LogP contribution in [-0.4, -0.2) is 52.1 Å². The molecule has 168 valence electrons. The van der Waals surface area contributed by atoms with Crippen LogP contribution < -0.4 is 4.74 Å². The number of hydrogen-bond donors (Lipinski definition) is 0. The molecule has 1 saturated heterocycles. The summed E-state index contributed by atoms with van der Waals surface area (Å²) < 4.78 is 43.4. The maximum Gasteiger partial charge on any atom is 0.338 e. The van der Waals surface area contributed by atoms with E-state index in [-0.39, 0.29) is 17.1 Å². The number of sulfonamides is 1. The predicted octanol–water partition coefficient (Wildman–Crippen LogP) is 3.53. The number of carbonyl (C=O) groups is 1. The van der Waals surface area contributed by atoms with Crippen LogP contribution >= 0.6 is 0 Å². The molecule has 0 aliphatic carbocycles. The van der Waals surface area contributed by atoms with Gasteiger partial charge >= 0.3 is 5.97 Å².